The average Bonchev–Trinajstić information content (AvgIpc) is 2.48. The Morgan fingerprint density at radius 3 is 2.57 bits per heavy atom. The first-order valence-electron chi connectivity index (χ1n) is 4.77. The maximum atomic E-state index is 10.7. The van der Waals surface area contributed by atoms with Crippen LogP contribution in [0, 0.1) is 6.92 Å². The highest BCUT2D eigenvalue weighted by Crippen LogP contribution is 2.13. The highest BCUT2D eigenvalue weighted by molar-refractivity contribution is 5.75. The second kappa shape index (κ2) is 4.65. The Labute approximate surface area is 82.8 Å². The van der Waals surface area contributed by atoms with Crippen molar-refractivity contribution in [2.75, 3.05) is 0 Å². The molecule has 1 heterocycles. The quantitative estimate of drug-likeness (QED) is 0.699. The molecule has 1 aromatic heterocycles. The maximum Gasteiger partial charge on any atom is 0.417 e. The third-order valence-corrected chi connectivity index (χ3v) is 1.64. The first-order chi connectivity index (χ1) is 6.69. The molecule has 2 aromatic rings. The number of hydrogen-bond donors (Lipinski definition) is 1. The summed E-state index contributed by atoms with van der Waals surface area (Å²) in [6, 6.07) is 5.59. The molecule has 0 radical (unpaired) electrons. The van der Waals surface area contributed by atoms with E-state index in [1.807, 2.05) is 25.1 Å². The molecule has 0 bridgehead atoms. The van der Waals surface area contributed by atoms with Gasteiger partial charge in [-0.3, -0.25) is 4.98 Å². The molecular weight excluding hydrogens is 178 g/mol. The predicted molar refractivity (Wildman–Crippen MR) is 57.5 cm³/mol. The number of aryl methyl sites for hydroxylation is 1. The van der Waals surface area contributed by atoms with Crippen molar-refractivity contribution in [1.82, 2.24) is 4.98 Å². The molecule has 0 atom stereocenters. The minimum absolute atomic E-state index is 0.394. The molecule has 0 amide bonds. The van der Waals surface area contributed by atoms with Crippen LogP contribution in [0.25, 0.3) is 11.1 Å². The van der Waals surface area contributed by atoms with Gasteiger partial charge in [-0.05, 0) is 18.6 Å². The standard InChI is InChI=1S/C8H7NO2.C3H8/c1-5-3-2-4-6-7(5)11-8(10)9-6;1-3-2/h2-4H,1H3,(H,9,10);3H2,1-2H3. The number of aromatic nitrogens is 1. The van der Waals surface area contributed by atoms with Crippen molar-refractivity contribution >= 4 is 11.1 Å². The van der Waals surface area contributed by atoms with Crippen LogP contribution in [0.5, 0.6) is 0 Å². The van der Waals surface area contributed by atoms with Crippen LogP contribution in [0.4, 0.5) is 0 Å². The highest BCUT2D eigenvalue weighted by Gasteiger charge is 2.00. The van der Waals surface area contributed by atoms with Crippen LogP contribution in [0.15, 0.2) is 27.4 Å². The van der Waals surface area contributed by atoms with Gasteiger partial charge in [0.15, 0.2) is 5.58 Å². The van der Waals surface area contributed by atoms with E-state index in [2.05, 4.69) is 18.8 Å². The predicted octanol–water partition coefficient (Wildman–Crippen LogP) is 2.85. The Hall–Kier alpha value is -1.51. The smallest absolute Gasteiger partial charge is 0.408 e. The third-order valence-electron chi connectivity index (χ3n) is 1.64. The van der Waals surface area contributed by atoms with Crippen molar-refractivity contribution in [3.63, 3.8) is 0 Å². The first kappa shape index (κ1) is 10.6. The van der Waals surface area contributed by atoms with E-state index >= 15 is 0 Å². The lowest BCUT2D eigenvalue weighted by molar-refractivity contribution is 0.553. The Balaban J connectivity index is 0.000000293. The SMILES string of the molecule is CCC.Cc1cccc2[nH]c(=O)oc12. The zero-order chi connectivity index (χ0) is 10.6. The zero-order valence-electron chi connectivity index (χ0n) is 8.76. The van der Waals surface area contributed by atoms with Crippen molar-refractivity contribution < 1.29 is 4.42 Å². The van der Waals surface area contributed by atoms with Gasteiger partial charge in [0.05, 0.1) is 5.52 Å². The van der Waals surface area contributed by atoms with Gasteiger partial charge < -0.3 is 4.42 Å². The van der Waals surface area contributed by atoms with E-state index < -0.39 is 5.76 Å². The van der Waals surface area contributed by atoms with Crippen molar-refractivity contribution in [3.05, 3.63) is 34.3 Å². The molecule has 1 N–H and O–H groups in total. The van der Waals surface area contributed by atoms with Crippen molar-refractivity contribution in [2.45, 2.75) is 27.2 Å². The van der Waals surface area contributed by atoms with Gasteiger partial charge in [-0.2, -0.15) is 0 Å². The van der Waals surface area contributed by atoms with Gasteiger partial charge in [-0.1, -0.05) is 32.4 Å². The summed E-state index contributed by atoms with van der Waals surface area (Å²) in [4.78, 5) is 13.3. The number of aromatic amines is 1. The molecule has 1 aromatic carbocycles. The van der Waals surface area contributed by atoms with E-state index in [0.29, 0.717) is 5.58 Å². The van der Waals surface area contributed by atoms with Crippen LogP contribution in [-0.4, -0.2) is 4.98 Å². The summed E-state index contributed by atoms with van der Waals surface area (Å²) in [5.41, 5.74) is 2.38. The molecule has 0 spiro atoms. The van der Waals surface area contributed by atoms with Crippen LogP contribution in [-0.2, 0) is 0 Å². The van der Waals surface area contributed by atoms with Gasteiger partial charge in [0.25, 0.3) is 0 Å². The normalized spacial score (nSPS) is 9.64. The lowest BCUT2D eigenvalue weighted by Gasteiger charge is -1.89. The Bertz CT molecular complexity index is 454. The third kappa shape index (κ3) is 2.25. The van der Waals surface area contributed by atoms with Crippen LogP contribution in [0.3, 0.4) is 0 Å². The van der Waals surface area contributed by atoms with Gasteiger partial charge in [0.1, 0.15) is 0 Å². The van der Waals surface area contributed by atoms with Gasteiger partial charge >= 0.3 is 5.76 Å². The van der Waals surface area contributed by atoms with Crippen molar-refractivity contribution in [3.8, 4) is 0 Å². The molecule has 0 saturated carbocycles. The second-order valence-corrected chi connectivity index (χ2v) is 3.17. The summed E-state index contributed by atoms with van der Waals surface area (Å²) in [5.74, 6) is -0.394. The monoisotopic (exact) mass is 193 g/mol. The summed E-state index contributed by atoms with van der Waals surface area (Å²) < 4.78 is 4.89. The number of fused-ring (bicyclic) bond motifs is 1. The van der Waals surface area contributed by atoms with Gasteiger partial charge in [-0.15, -0.1) is 0 Å². The second-order valence-electron chi connectivity index (χ2n) is 3.17. The van der Waals surface area contributed by atoms with Crippen LogP contribution in [0.1, 0.15) is 25.8 Å². The van der Waals surface area contributed by atoms with E-state index in [9.17, 15) is 4.79 Å². The summed E-state index contributed by atoms with van der Waals surface area (Å²) in [6.07, 6.45) is 1.25. The molecule has 3 heteroatoms. The number of H-pyrrole nitrogens is 1. The lowest BCUT2D eigenvalue weighted by atomic mass is 10.2. The first-order valence-corrected chi connectivity index (χ1v) is 4.77. The molecule has 2 rings (SSSR count). The number of hydrogen-bond acceptors (Lipinski definition) is 2. The number of benzene rings is 1. The molecule has 0 fully saturated rings. The fourth-order valence-electron chi connectivity index (χ4n) is 1.11. The molecule has 76 valence electrons. The molecule has 3 nitrogen and oxygen atoms in total. The molecule has 0 aliphatic carbocycles. The van der Waals surface area contributed by atoms with Crippen LogP contribution >= 0.6 is 0 Å². The molecule has 0 aliphatic heterocycles. The summed E-state index contributed by atoms with van der Waals surface area (Å²) in [7, 11) is 0. The molecule has 0 aliphatic rings. The van der Waals surface area contributed by atoms with Crippen molar-refractivity contribution in [2.24, 2.45) is 0 Å². The zero-order valence-corrected chi connectivity index (χ0v) is 8.76. The molecule has 14 heavy (non-hydrogen) atoms. The number of rotatable bonds is 0. The van der Waals surface area contributed by atoms with Crippen LogP contribution < -0.4 is 5.76 Å². The number of nitrogens with one attached hydrogen (secondary N) is 1. The molecular formula is C11H15NO2. The van der Waals surface area contributed by atoms with Gasteiger partial charge in [0, 0.05) is 0 Å². The molecule has 0 unspecified atom stereocenters. The van der Waals surface area contributed by atoms with E-state index in [0.717, 1.165) is 11.1 Å². The van der Waals surface area contributed by atoms with Crippen LogP contribution in [0.2, 0.25) is 0 Å². The fourth-order valence-corrected chi connectivity index (χ4v) is 1.11. The Kier molecular flexibility index (Phi) is 3.51. The van der Waals surface area contributed by atoms with E-state index in [1.54, 1.807) is 0 Å². The summed E-state index contributed by atoms with van der Waals surface area (Å²) >= 11 is 0. The number of para-hydroxylation sites is 1. The number of oxazole rings is 1. The van der Waals surface area contributed by atoms with E-state index in [4.69, 9.17) is 4.42 Å². The maximum absolute atomic E-state index is 10.7. The average molecular weight is 193 g/mol. The molecule has 0 saturated heterocycles. The highest BCUT2D eigenvalue weighted by atomic mass is 16.4. The minimum Gasteiger partial charge on any atom is -0.408 e. The fraction of sp³-hybridized carbons (Fsp3) is 0.364. The van der Waals surface area contributed by atoms with Crippen molar-refractivity contribution in [1.29, 1.82) is 0 Å². The lowest BCUT2D eigenvalue weighted by Crippen LogP contribution is -1.92. The topological polar surface area (TPSA) is 46.0 Å². The Morgan fingerprint density at radius 1 is 1.36 bits per heavy atom. The summed E-state index contributed by atoms with van der Waals surface area (Å²) in [5, 5.41) is 0. The summed E-state index contributed by atoms with van der Waals surface area (Å²) in [6.45, 7) is 6.15. The van der Waals surface area contributed by atoms with Gasteiger partial charge in [-0.25, -0.2) is 4.79 Å². The minimum atomic E-state index is -0.394. The van der Waals surface area contributed by atoms with E-state index in [1.165, 1.54) is 6.42 Å². The van der Waals surface area contributed by atoms with Gasteiger partial charge in [0.2, 0.25) is 0 Å². The largest absolute Gasteiger partial charge is 0.417 e. The Morgan fingerprint density at radius 2 is 2.00 bits per heavy atom. The van der Waals surface area contributed by atoms with E-state index in [-0.39, 0.29) is 0 Å².